The van der Waals surface area contributed by atoms with Crippen molar-refractivity contribution in [2.75, 3.05) is 13.4 Å². The number of hydrogen-bond acceptors (Lipinski definition) is 5. The van der Waals surface area contributed by atoms with Gasteiger partial charge in [-0.05, 0) is 6.26 Å². The molecule has 3 nitrogen and oxygen atoms in total. The smallest absolute Gasteiger partial charge is 0.772 e. The number of methoxy groups -OCH3 is 1. The molecule has 0 spiro atoms. The summed E-state index contributed by atoms with van der Waals surface area (Å²) in [4.78, 5) is 10.8. The van der Waals surface area contributed by atoms with Gasteiger partial charge in [0.1, 0.15) is 11.6 Å². The van der Waals surface area contributed by atoms with Crippen LogP contribution >= 0.6 is 11.8 Å². The molecule has 0 aromatic heterocycles. The van der Waals surface area contributed by atoms with Crippen LogP contribution in [0.1, 0.15) is 0 Å². The molecule has 0 saturated carbocycles. The standard InChI is InChI=1S/C6H7NO2S2.Na/c1-9-5(8)4(3-7)6(10)11-2;/h10H,1-2H3;/q;+1/p-1/b6-4-;. The molecule has 0 aromatic rings. The number of hydrogen-bond donors (Lipinski definition) is 0. The van der Waals surface area contributed by atoms with Crippen LogP contribution in [0.3, 0.4) is 0 Å². The maximum absolute atomic E-state index is 10.8. The molecule has 0 amide bonds. The van der Waals surface area contributed by atoms with Gasteiger partial charge in [-0.3, -0.25) is 0 Å². The molecule has 0 heterocycles. The summed E-state index contributed by atoms with van der Waals surface area (Å²) in [7, 11) is 1.21. The Balaban J connectivity index is 0. The van der Waals surface area contributed by atoms with Gasteiger partial charge in [0.15, 0.2) is 0 Å². The summed E-state index contributed by atoms with van der Waals surface area (Å²) < 4.78 is 4.59. The van der Waals surface area contributed by atoms with Gasteiger partial charge in [0.05, 0.1) is 7.11 Å². The molecule has 0 rings (SSSR count). The average molecular weight is 211 g/mol. The van der Waals surface area contributed by atoms with Gasteiger partial charge in [0, 0.05) is 0 Å². The fourth-order valence-corrected chi connectivity index (χ4v) is 0.841. The van der Waals surface area contributed by atoms with Crippen LogP contribution in [-0.4, -0.2) is 19.3 Å². The maximum Gasteiger partial charge on any atom is 1.00 e. The van der Waals surface area contributed by atoms with E-state index in [-0.39, 0.29) is 39.4 Å². The van der Waals surface area contributed by atoms with Crippen LogP contribution in [0.25, 0.3) is 0 Å². The fraction of sp³-hybridized carbons (Fsp3) is 0.333. The first-order chi connectivity index (χ1) is 5.17. The zero-order valence-electron chi connectivity index (χ0n) is 7.08. The van der Waals surface area contributed by atoms with Crippen molar-refractivity contribution < 1.29 is 39.1 Å². The minimum absolute atomic E-state index is 0. The normalized spacial score (nSPS) is 10.4. The Labute approximate surface area is 103 Å². The third kappa shape index (κ3) is 4.33. The van der Waals surface area contributed by atoms with E-state index in [0.29, 0.717) is 0 Å². The molecule has 0 N–H and O–H groups in total. The summed E-state index contributed by atoms with van der Waals surface area (Å²) in [6, 6.07) is 1.68. The van der Waals surface area contributed by atoms with Gasteiger partial charge in [-0.15, -0.1) is 4.24 Å². The van der Waals surface area contributed by atoms with Crippen LogP contribution < -0.4 is 29.6 Å². The molecule has 0 aliphatic carbocycles. The van der Waals surface area contributed by atoms with Crippen LogP contribution in [0.5, 0.6) is 0 Å². The van der Waals surface area contributed by atoms with Crippen LogP contribution in [0, 0.1) is 11.3 Å². The molecule has 0 aromatic carbocycles. The van der Waals surface area contributed by atoms with Crippen molar-refractivity contribution in [2.45, 2.75) is 0 Å². The van der Waals surface area contributed by atoms with Crippen LogP contribution in [0.15, 0.2) is 9.81 Å². The quantitative estimate of drug-likeness (QED) is 0.171. The summed E-state index contributed by atoms with van der Waals surface area (Å²) in [6.07, 6.45) is 1.70. The summed E-state index contributed by atoms with van der Waals surface area (Å²) in [5.74, 6) is -0.674. The number of nitriles is 1. The summed E-state index contributed by atoms with van der Waals surface area (Å²) in [5.41, 5.74) is -0.102. The first-order valence-corrected chi connectivity index (χ1v) is 4.24. The van der Waals surface area contributed by atoms with Crippen molar-refractivity contribution in [3.63, 3.8) is 0 Å². The second-order valence-electron chi connectivity index (χ2n) is 1.47. The Morgan fingerprint density at radius 1 is 1.67 bits per heavy atom. The Bertz CT molecular complexity index is 234. The van der Waals surface area contributed by atoms with Crippen molar-refractivity contribution in [1.82, 2.24) is 0 Å². The van der Waals surface area contributed by atoms with E-state index in [1.807, 2.05) is 0 Å². The third-order valence-corrected chi connectivity index (χ3v) is 2.17. The van der Waals surface area contributed by atoms with Crippen molar-refractivity contribution in [1.29, 1.82) is 5.26 Å². The van der Waals surface area contributed by atoms with Gasteiger partial charge in [0.2, 0.25) is 0 Å². The summed E-state index contributed by atoms with van der Waals surface area (Å²) in [6.45, 7) is 0. The van der Waals surface area contributed by atoms with Gasteiger partial charge in [0.25, 0.3) is 0 Å². The van der Waals surface area contributed by atoms with Crippen molar-refractivity contribution in [2.24, 2.45) is 0 Å². The maximum atomic E-state index is 10.8. The second kappa shape index (κ2) is 7.90. The third-order valence-electron chi connectivity index (χ3n) is 0.891. The van der Waals surface area contributed by atoms with E-state index in [4.69, 9.17) is 17.9 Å². The molecular weight excluding hydrogens is 205 g/mol. The zero-order valence-corrected chi connectivity index (χ0v) is 10.7. The number of thioether (sulfide) groups is 1. The minimum atomic E-state index is -0.674. The summed E-state index contributed by atoms with van der Waals surface area (Å²) >= 11 is 5.89. The van der Waals surface area contributed by atoms with Gasteiger partial charge in [-0.1, -0.05) is 0 Å². The van der Waals surface area contributed by atoms with E-state index >= 15 is 0 Å². The first-order valence-electron chi connectivity index (χ1n) is 2.61. The van der Waals surface area contributed by atoms with Crippen molar-refractivity contribution in [3.05, 3.63) is 9.81 Å². The molecule has 0 bridgehead atoms. The van der Waals surface area contributed by atoms with E-state index in [9.17, 15) is 4.79 Å². The van der Waals surface area contributed by atoms with E-state index in [1.165, 1.54) is 18.9 Å². The van der Waals surface area contributed by atoms with Gasteiger partial charge >= 0.3 is 35.5 Å². The van der Waals surface area contributed by atoms with Crippen LogP contribution in [-0.2, 0) is 22.2 Å². The number of esters is 1. The van der Waals surface area contributed by atoms with Gasteiger partial charge < -0.3 is 17.4 Å². The predicted octanol–water partition coefficient (Wildman–Crippen LogP) is -2.19. The molecule has 0 radical (unpaired) electrons. The van der Waals surface area contributed by atoms with Gasteiger partial charge in [-0.25, -0.2) is 4.79 Å². The molecule has 0 aliphatic rings. The first kappa shape index (κ1) is 14.8. The minimum Gasteiger partial charge on any atom is -0.772 e. The second-order valence-corrected chi connectivity index (χ2v) is 2.95. The van der Waals surface area contributed by atoms with E-state index in [0.717, 1.165) is 0 Å². The van der Waals surface area contributed by atoms with E-state index in [1.54, 1.807) is 12.3 Å². The topological polar surface area (TPSA) is 50.1 Å². The predicted molar refractivity (Wildman–Crippen MR) is 45.5 cm³/mol. The molecule has 0 saturated heterocycles. The molecule has 0 aliphatic heterocycles. The van der Waals surface area contributed by atoms with Crippen LogP contribution in [0.2, 0.25) is 0 Å². The monoisotopic (exact) mass is 211 g/mol. The molecule has 0 unspecified atom stereocenters. The van der Waals surface area contributed by atoms with Crippen molar-refractivity contribution >= 4 is 30.4 Å². The Morgan fingerprint density at radius 2 is 2.17 bits per heavy atom. The Kier molecular flexibility index (Phi) is 9.72. The molecule has 0 atom stereocenters. The largest absolute Gasteiger partial charge is 1.00 e. The number of rotatable bonds is 2. The molecule has 6 heteroatoms. The Hall–Kier alpha value is 0.270. The number of carbonyl (C=O) groups is 1. The zero-order chi connectivity index (χ0) is 8.85. The molecule has 0 fully saturated rings. The van der Waals surface area contributed by atoms with E-state index < -0.39 is 5.97 Å². The Morgan fingerprint density at radius 3 is 2.42 bits per heavy atom. The fourth-order valence-electron chi connectivity index (χ4n) is 0.379. The number of ether oxygens (including phenoxy) is 1. The molecule has 12 heavy (non-hydrogen) atoms. The molecule has 60 valence electrons. The van der Waals surface area contributed by atoms with Crippen molar-refractivity contribution in [3.8, 4) is 6.07 Å². The number of nitrogens with zero attached hydrogens (tertiary/aromatic N) is 1. The SMILES string of the molecule is COC(=O)/C(C#N)=C(/[S-])SC.[Na+]. The van der Waals surface area contributed by atoms with Gasteiger partial charge in [-0.2, -0.15) is 17.0 Å². The number of carbonyl (C=O) groups excluding carboxylic acids is 1. The van der Waals surface area contributed by atoms with Crippen LogP contribution in [0.4, 0.5) is 0 Å². The van der Waals surface area contributed by atoms with E-state index in [2.05, 4.69) is 4.74 Å². The average Bonchev–Trinajstić information content (AvgIpc) is 2.05. The molecular formula is C6H6NNaO2S2. The summed E-state index contributed by atoms with van der Waals surface area (Å²) in [5, 5.41) is 8.44.